The van der Waals surface area contributed by atoms with Crippen LogP contribution in [-0.4, -0.2) is 38.5 Å². The molecule has 1 rings (SSSR count). The third kappa shape index (κ3) is 6.88. The first-order valence-electron chi connectivity index (χ1n) is 6.23. The Morgan fingerprint density at radius 3 is 2.60 bits per heavy atom. The second-order valence-electron chi connectivity index (χ2n) is 4.45. The maximum Gasteiger partial charge on any atom is 0.0594 e. The van der Waals surface area contributed by atoms with Gasteiger partial charge in [0, 0.05) is 13.2 Å². The lowest BCUT2D eigenvalue weighted by molar-refractivity contribution is 0.00403. The molecule has 1 N–H and O–H groups in total. The molecule has 0 spiro atoms. The van der Waals surface area contributed by atoms with Crippen molar-refractivity contribution in [1.29, 1.82) is 0 Å². The molecule has 1 fully saturated rings. The summed E-state index contributed by atoms with van der Waals surface area (Å²) in [6.07, 6.45) is 5.89. The molecule has 15 heavy (non-hydrogen) atoms. The first-order valence-corrected chi connectivity index (χ1v) is 6.23. The third-order valence-electron chi connectivity index (χ3n) is 2.63. The quantitative estimate of drug-likeness (QED) is 0.596. The van der Waals surface area contributed by atoms with Crippen molar-refractivity contribution in [3.8, 4) is 0 Å². The van der Waals surface area contributed by atoms with E-state index in [1.165, 1.54) is 19.3 Å². The summed E-state index contributed by atoms with van der Waals surface area (Å²) in [6.45, 7) is 7.85. The highest BCUT2D eigenvalue weighted by Gasteiger charge is 2.16. The molecule has 0 bridgehead atoms. The molecule has 1 aliphatic carbocycles. The smallest absolute Gasteiger partial charge is 0.0594 e. The molecule has 1 aliphatic rings. The van der Waals surface area contributed by atoms with Gasteiger partial charge in [0.25, 0.3) is 0 Å². The van der Waals surface area contributed by atoms with Crippen molar-refractivity contribution in [2.75, 3.05) is 26.3 Å². The number of ether oxygens (including phenoxy) is 2. The Morgan fingerprint density at radius 1 is 1.20 bits per heavy atom. The first-order chi connectivity index (χ1) is 7.29. The van der Waals surface area contributed by atoms with Gasteiger partial charge in [0.15, 0.2) is 0 Å². The van der Waals surface area contributed by atoms with Crippen LogP contribution in [0.15, 0.2) is 0 Å². The van der Waals surface area contributed by atoms with Gasteiger partial charge in [-0.15, -0.1) is 0 Å². The van der Waals surface area contributed by atoms with E-state index < -0.39 is 0 Å². The molecule has 0 radical (unpaired) electrons. The van der Waals surface area contributed by atoms with Crippen molar-refractivity contribution in [1.82, 2.24) is 5.32 Å². The maximum absolute atomic E-state index is 5.63. The fourth-order valence-electron chi connectivity index (χ4n) is 1.48. The van der Waals surface area contributed by atoms with E-state index in [-0.39, 0.29) is 0 Å². The van der Waals surface area contributed by atoms with Crippen LogP contribution in [0.5, 0.6) is 0 Å². The number of hydrogen-bond acceptors (Lipinski definition) is 3. The molecule has 0 aliphatic heterocycles. The van der Waals surface area contributed by atoms with Crippen molar-refractivity contribution in [3.63, 3.8) is 0 Å². The minimum absolute atomic E-state index is 0.354. The van der Waals surface area contributed by atoms with Gasteiger partial charge in [0.2, 0.25) is 0 Å². The molecule has 3 heteroatoms. The highest BCUT2D eigenvalue weighted by atomic mass is 16.5. The molecule has 0 heterocycles. The van der Waals surface area contributed by atoms with Gasteiger partial charge in [0.05, 0.1) is 18.8 Å². The SMILES string of the molecule is CC(C)OCCCNCCOC1CCC1. The predicted molar refractivity (Wildman–Crippen MR) is 62.2 cm³/mol. The van der Waals surface area contributed by atoms with Crippen molar-refractivity contribution in [2.45, 2.75) is 51.7 Å². The summed E-state index contributed by atoms with van der Waals surface area (Å²) in [7, 11) is 0. The number of hydrogen-bond donors (Lipinski definition) is 1. The van der Waals surface area contributed by atoms with Crippen LogP contribution in [0.4, 0.5) is 0 Å². The Balaban J connectivity index is 1.69. The summed E-state index contributed by atoms with van der Waals surface area (Å²) < 4.78 is 11.1. The molecule has 0 aromatic rings. The van der Waals surface area contributed by atoms with E-state index in [0.717, 1.165) is 32.7 Å². The van der Waals surface area contributed by atoms with E-state index >= 15 is 0 Å². The van der Waals surface area contributed by atoms with E-state index in [2.05, 4.69) is 19.2 Å². The van der Waals surface area contributed by atoms with E-state index in [0.29, 0.717) is 12.2 Å². The molecule has 0 aromatic carbocycles. The molecule has 0 amide bonds. The van der Waals surface area contributed by atoms with Crippen LogP contribution in [0.25, 0.3) is 0 Å². The van der Waals surface area contributed by atoms with E-state index in [1.54, 1.807) is 0 Å². The minimum Gasteiger partial charge on any atom is -0.379 e. The zero-order valence-corrected chi connectivity index (χ0v) is 10.1. The number of rotatable bonds is 9. The Hall–Kier alpha value is -0.120. The zero-order valence-electron chi connectivity index (χ0n) is 10.1. The molecule has 0 atom stereocenters. The van der Waals surface area contributed by atoms with Crippen LogP contribution in [0.3, 0.4) is 0 Å². The zero-order chi connectivity index (χ0) is 10.9. The average Bonchev–Trinajstić information content (AvgIpc) is 2.12. The normalized spacial score (nSPS) is 17.0. The number of nitrogens with one attached hydrogen (secondary N) is 1. The standard InChI is InChI=1S/C12H25NO2/c1-11(2)14-9-4-7-13-8-10-15-12-5-3-6-12/h11-13H,3-10H2,1-2H3. The highest BCUT2D eigenvalue weighted by molar-refractivity contribution is 4.69. The van der Waals surface area contributed by atoms with Crippen LogP contribution in [-0.2, 0) is 9.47 Å². The fourth-order valence-corrected chi connectivity index (χ4v) is 1.48. The second kappa shape index (κ2) is 8.08. The molecule has 90 valence electrons. The summed E-state index contributed by atoms with van der Waals surface area (Å²) in [6, 6.07) is 0. The van der Waals surface area contributed by atoms with E-state index in [4.69, 9.17) is 9.47 Å². The van der Waals surface area contributed by atoms with Crippen molar-refractivity contribution >= 4 is 0 Å². The maximum atomic E-state index is 5.63. The third-order valence-corrected chi connectivity index (χ3v) is 2.63. The Kier molecular flexibility index (Phi) is 6.98. The topological polar surface area (TPSA) is 30.5 Å². The first kappa shape index (κ1) is 12.9. The van der Waals surface area contributed by atoms with Gasteiger partial charge in [-0.25, -0.2) is 0 Å². The molecule has 0 aromatic heterocycles. The van der Waals surface area contributed by atoms with Gasteiger partial charge in [-0.05, 0) is 46.1 Å². The Labute approximate surface area is 93.5 Å². The van der Waals surface area contributed by atoms with Crippen LogP contribution in [0.2, 0.25) is 0 Å². The minimum atomic E-state index is 0.354. The van der Waals surface area contributed by atoms with Crippen molar-refractivity contribution < 1.29 is 9.47 Å². The fraction of sp³-hybridized carbons (Fsp3) is 1.00. The summed E-state index contributed by atoms with van der Waals surface area (Å²) in [5.74, 6) is 0. The van der Waals surface area contributed by atoms with Gasteiger partial charge in [0.1, 0.15) is 0 Å². The molecule has 3 nitrogen and oxygen atoms in total. The molecular formula is C12H25NO2. The summed E-state index contributed by atoms with van der Waals surface area (Å²) in [5.41, 5.74) is 0. The average molecular weight is 215 g/mol. The lowest BCUT2D eigenvalue weighted by atomic mass is 9.96. The van der Waals surface area contributed by atoms with Gasteiger partial charge in [-0.3, -0.25) is 0 Å². The van der Waals surface area contributed by atoms with Gasteiger partial charge in [-0.1, -0.05) is 0 Å². The lowest BCUT2D eigenvalue weighted by Gasteiger charge is -2.25. The Bertz CT molecular complexity index is 147. The van der Waals surface area contributed by atoms with Gasteiger partial charge < -0.3 is 14.8 Å². The highest BCUT2D eigenvalue weighted by Crippen LogP contribution is 2.21. The predicted octanol–water partition coefficient (Wildman–Crippen LogP) is 1.96. The summed E-state index contributed by atoms with van der Waals surface area (Å²) >= 11 is 0. The summed E-state index contributed by atoms with van der Waals surface area (Å²) in [4.78, 5) is 0. The van der Waals surface area contributed by atoms with Crippen LogP contribution < -0.4 is 5.32 Å². The van der Waals surface area contributed by atoms with Crippen LogP contribution in [0, 0.1) is 0 Å². The lowest BCUT2D eigenvalue weighted by Crippen LogP contribution is -2.27. The van der Waals surface area contributed by atoms with Crippen LogP contribution in [0.1, 0.15) is 39.5 Å². The molecule has 0 unspecified atom stereocenters. The van der Waals surface area contributed by atoms with E-state index in [1.807, 2.05) is 0 Å². The van der Waals surface area contributed by atoms with Gasteiger partial charge >= 0.3 is 0 Å². The molecular weight excluding hydrogens is 190 g/mol. The molecule has 0 saturated heterocycles. The monoisotopic (exact) mass is 215 g/mol. The van der Waals surface area contributed by atoms with Gasteiger partial charge in [-0.2, -0.15) is 0 Å². The second-order valence-corrected chi connectivity index (χ2v) is 4.45. The van der Waals surface area contributed by atoms with Crippen LogP contribution >= 0.6 is 0 Å². The van der Waals surface area contributed by atoms with Crippen molar-refractivity contribution in [2.24, 2.45) is 0 Å². The summed E-state index contributed by atoms with van der Waals surface area (Å²) in [5, 5.41) is 3.36. The van der Waals surface area contributed by atoms with E-state index in [9.17, 15) is 0 Å². The Morgan fingerprint density at radius 2 is 2.00 bits per heavy atom. The molecule has 1 saturated carbocycles. The largest absolute Gasteiger partial charge is 0.379 e. The van der Waals surface area contributed by atoms with Crippen molar-refractivity contribution in [3.05, 3.63) is 0 Å².